The lowest BCUT2D eigenvalue weighted by Crippen LogP contribution is -2.21. The van der Waals surface area contributed by atoms with Crippen molar-refractivity contribution in [2.24, 2.45) is 0 Å². The summed E-state index contributed by atoms with van der Waals surface area (Å²) >= 11 is 1.38. The first-order chi connectivity index (χ1) is 9.74. The lowest BCUT2D eigenvalue weighted by atomic mass is 10.0. The Morgan fingerprint density at radius 1 is 1.00 bits per heavy atom. The zero-order valence-corrected chi connectivity index (χ0v) is 10.9. The minimum Gasteiger partial charge on any atom is -0.272 e. The van der Waals surface area contributed by atoms with E-state index in [1.165, 1.54) is 11.5 Å². The van der Waals surface area contributed by atoms with Crippen molar-refractivity contribution in [3.05, 3.63) is 57.4 Å². The summed E-state index contributed by atoms with van der Waals surface area (Å²) in [6.07, 6.45) is 1.75. The first-order valence-corrected chi connectivity index (χ1v) is 6.72. The van der Waals surface area contributed by atoms with Crippen molar-refractivity contribution in [3.8, 4) is 0 Å². The Labute approximate surface area is 115 Å². The molecule has 1 N–H and O–H groups in total. The van der Waals surface area contributed by atoms with Gasteiger partial charge in [0.1, 0.15) is 0 Å². The highest BCUT2D eigenvalue weighted by atomic mass is 32.1. The van der Waals surface area contributed by atoms with Gasteiger partial charge in [-0.3, -0.25) is 9.78 Å². The van der Waals surface area contributed by atoms with Gasteiger partial charge in [0.15, 0.2) is 0 Å². The maximum atomic E-state index is 12.0. The Bertz CT molecular complexity index is 1100. The second-order valence-corrected chi connectivity index (χ2v) is 5.22. The van der Waals surface area contributed by atoms with Gasteiger partial charge in [-0.15, -0.1) is 0 Å². The first-order valence-electron chi connectivity index (χ1n) is 5.94. The van der Waals surface area contributed by atoms with E-state index in [4.69, 9.17) is 0 Å². The molecular formula is C14H7N3O2S. The number of nitrogens with zero attached hydrogens (tertiary/aromatic N) is 2. The Morgan fingerprint density at radius 2 is 1.85 bits per heavy atom. The molecule has 0 aliphatic carbocycles. The topological polar surface area (TPSA) is 75.7 Å². The molecule has 0 spiro atoms. The molecular weight excluding hydrogens is 274 g/mol. The molecule has 0 unspecified atom stereocenters. The molecule has 5 nitrogen and oxygen atoms in total. The van der Waals surface area contributed by atoms with Crippen molar-refractivity contribution in [1.29, 1.82) is 0 Å². The van der Waals surface area contributed by atoms with E-state index < -0.39 is 11.2 Å². The largest absolute Gasteiger partial charge is 0.348 e. The van der Waals surface area contributed by atoms with Crippen molar-refractivity contribution in [2.75, 3.05) is 0 Å². The van der Waals surface area contributed by atoms with Crippen molar-refractivity contribution < 1.29 is 0 Å². The van der Waals surface area contributed by atoms with Crippen molar-refractivity contribution >= 4 is 43.3 Å². The molecule has 0 saturated carbocycles. The highest BCUT2D eigenvalue weighted by Crippen LogP contribution is 2.30. The number of H-pyrrole nitrogens is 1. The molecule has 0 aliphatic heterocycles. The standard InChI is InChI=1S/C14H7N3O2S/c18-13-11-8-2-1-7-5-6-15-20-12(7)9(8)3-4-10(11)16-14(19)17-13/h1-6H,(H,17,18,19). The average Bonchev–Trinajstić information content (AvgIpc) is 2.46. The maximum Gasteiger partial charge on any atom is 0.348 e. The van der Waals surface area contributed by atoms with Crippen LogP contribution < -0.4 is 11.2 Å². The van der Waals surface area contributed by atoms with E-state index in [1.54, 1.807) is 12.3 Å². The smallest absolute Gasteiger partial charge is 0.272 e. The number of benzene rings is 2. The van der Waals surface area contributed by atoms with Crippen LogP contribution in [-0.2, 0) is 0 Å². The van der Waals surface area contributed by atoms with E-state index in [1.807, 2.05) is 24.3 Å². The fourth-order valence-corrected chi connectivity index (χ4v) is 3.18. The van der Waals surface area contributed by atoms with Gasteiger partial charge in [0.05, 0.1) is 15.6 Å². The van der Waals surface area contributed by atoms with Crippen LogP contribution in [0.5, 0.6) is 0 Å². The number of rotatable bonds is 0. The molecule has 6 heteroatoms. The van der Waals surface area contributed by atoms with Gasteiger partial charge in [-0.1, -0.05) is 18.2 Å². The van der Waals surface area contributed by atoms with Crippen LogP contribution in [0.4, 0.5) is 0 Å². The molecule has 4 aromatic rings. The van der Waals surface area contributed by atoms with E-state index >= 15 is 0 Å². The predicted octanol–water partition coefficient (Wildman–Crippen LogP) is 2.05. The zero-order valence-electron chi connectivity index (χ0n) is 10.1. The second kappa shape index (κ2) is 3.94. The van der Waals surface area contributed by atoms with E-state index in [0.29, 0.717) is 10.9 Å². The van der Waals surface area contributed by atoms with Crippen LogP contribution in [0.15, 0.2) is 46.1 Å². The van der Waals surface area contributed by atoms with Gasteiger partial charge in [-0.2, -0.15) is 4.98 Å². The SMILES string of the molecule is O=c1nc2ccc3c(ccc4ccnsc43)c2c(=O)[nH]1. The van der Waals surface area contributed by atoms with Crippen LogP contribution in [0.25, 0.3) is 31.8 Å². The van der Waals surface area contributed by atoms with Crippen LogP contribution in [0.3, 0.4) is 0 Å². The van der Waals surface area contributed by atoms with Gasteiger partial charge in [0, 0.05) is 11.6 Å². The molecule has 96 valence electrons. The molecule has 0 amide bonds. The van der Waals surface area contributed by atoms with E-state index in [9.17, 15) is 9.59 Å². The third kappa shape index (κ3) is 1.48. The van der Waals surface area contributed by atoms with Crippen molar-refractivity contribution in [1.82, 2.24) is 14.3 Å². The van der Waals surface area contributed by atoms with Gasteiger partial charge in [0.2, 0.25) is 0 Å². The molecule has 0 aliphatic rings. The second-order valence-electron chi connectivity index (χ2n) is 4.42. The minimum absolute atomic E-state index is 0.404. The van der Waals surface area contributed by atoms with Crippen LogP contribution in [-0.4, -0.2) is 14.3 Å². The van der Waals surface area contributed by atoms with E-state index in [2.05, 4.69) is 14.3 Å². The molecule has 20 heavy (non-hydrogen) atoms. The Morgan fingerprint density at radius 3 is 2.75 bits per heavy atom. The summed E-state index contributed by atoms with van der Waals surface area (Å²) in [6.45, 7) is 0. The summed E-state index contributed by atoms with van der Waals surface area (Å²) in [5.41, 5.74) is -0.606. The Kier molecular flexibility index (Phi) is 2.22. The first kappa shape index (κ1) is 11.2. The summed E-state index contributed by atoms with van der Waals surface area (Å²) in [5, 5.41) is 3.24. The summed E-state index contributed by atoms with van der Waals surface area (Å²) in [6, 6.07) is 9.34. The molecule has 4 rings (SSSR count). The van der Waals surface area contributed by atoms with Crippen LogP contribution in [0, 0.1) is 0 Å². The monoisotopic (exact) mass is 281 g/mol. The number of aromatic nitrogens is 3. The molecule has 0 fully saturated rings. The fourth-order valence-electron chi connectivity index (χ4n) is 2.44. The van der Waals surface area contributed by atoms with Gasteiger partial charge in [-0.05, 0) is 34.4 Å². The van der Waals surface area contributed by atoms with Crippen LogP contribution in [0.1, 0.15) is 0 Å². The molecule has 0 radical (unpaired) electrons. The van der Waals surface area contributed by atoms with Crippen molar-refractivity contribution in [2.45, 2.75) is 0 Å². The Balaban J connectivity index is 2.35. The van der Waals surface area contributed by atoms with Gasteiger partial charge in [-0.25, -0.2) is 9.17 Å². The highest BCUT2D eigenvalue weighted by Gasteiger charge is 2.09. The quantitative estimate of drug-likeness (QED) is 0.500. The van der Waals surface area contributed by atoms with E-state index in [0.717, 1.165) is 20.9 Å². The predicted molar refractivity (Wildman–Crippen MR) is 79.3 cm³/mol. The number of nitrogens with one attached hydrogen (secondary N) is 1. The third-order valence-corrected chi connectivity index (χ3v) is 4.15. The number of hydrogen-bond donors (Lipinski definition) is 1. The van der Waals surface area contributed by atoms with Gasteiger partial charge >= 0.3 is 5.69 Å². The van der Waals surface area contributed by atoms with Crippen LogP contribution in [0.2, 0.25) is 0 Å². The minimum atomic E-state index is -0.618. The summed E-state index contributed by atoms with van der Waals surface area (Å²) < 4.78 is 5.18. The number of aromatic amines is 1. The molecule has 2 aromatic heterocycles. The lowest BCUT2D eigenvalue weighted by Gasteiger charge is -2.04. The zero-order chi connectivity index (χ0) is 13.7. The van der Waals surface area contributed by atoms with E-state index in [-0.39, 0.29) is 0 Å². The molecule has 0 bridgehead atoms. The highest BCUT2D eigenvalue weighted by molar-refractivity contribution is 7.13. The maximum absolute atomic E-state index is 12.0. The molecule has 2 heterocycles. The molecule has 0 saturated heterocycles. The van der Waals surface area contributed by atoms with Crippen molar-refractivity contribution in [3.63, 3.8) is 0 Å². The summed E-state index contributed by atoms with van der Waals surface area (Å²) in [7, 11) is 0. The fraction of sp³-hybridized carbons (Fsp3) is 0. The average molecular weight is 281 g/mol. The normalized spacial score (nSPS) is 11.4. The van der Waals surface area contributed by atoms with Gasteiger partial charge < -0.3 is 0 Å². The molecule has 0 atom stereocenters. The summed E-state index contributed by atoms with van der Waals surface area (Å²) in [5.74, 6) is 0. The lowest BCUT2D eigenvalue weighted by molar-refractivity contribution is 1.08. The number of hydrogen-bond acceptors (Lipinski definition) is 5. The van der Waals surface area contributed by atoms with Crippen LogP contribution >= 0.6 is 11.5 Å². The molecule has 2 aromatic carbocycles. The Hall–Kier alpha value is -2.60. The summed E-state index contributed by atoms with van der Waals surface area (Å²) in [4.78, 5) is 29.4. The van der Waals surface area contributed by atoms with Gasteiger partial charge in [0.25, 0.3) is 5.56 Å². The number of fused-ring (bicyclic) bond motifs is 5. The third-order valence-electron chi connectivity index (χ3n) is 3.29.